The maximum Gasteiger partial charge on any atom is 0.119 e. The van der Waals surface area contributed by atoms with Gasteiger partial charge in [-0.05, 0) is 57.5 Å². The Morgan fingerprint density at radius 3 is 2.63 bits per heavy atom. The summed E-state index contributed by atoms with van der Waals surface area (Å²) in [5.41, 5.74) is 1.16. The van der Waals surface area contributed by atoms with Crippen molar-refractivity contribution in [2.45, 2.75) is 57.8 Å². The Balaban J connectivity index is 1.45. The summed E-state index contributed by atoms with van der Waals surface area (Å²) in [6.07, 6.45) is 4.68. The second-order valence-electron chi connectivity index (χ2n) is 8.65. The van der Waals surface area contributed by atoms with Crippen molar-refractivity contribution in [3.63, 3.8) is 0 Å². The van der Waals surface area contributed by atoms with Crippen molar-refractivity contribution < 1.29 is 14.6 Å². The second-order valence-corrected chi connectivity index (χ2v) is 8.65. The van der Waals surface area contributed by atoms with E-state index in [9.17, 15) is 5.11 Å². The molecule has 1 atom stereocenters. The lowest BCUT2D eigenvalue weighted by Gasteiger charge is -2.38. The maximum atomic E-state index is 10.4. The highest BCUT2D eigenvalue weighted by molar-refractivity contribution is 5.28. The lowest BCUT2D eigenvalue weighted by molar-refractivity contribution is -0.0882. The summed E-state index contributed by atoms with van der Waals surface area (Å²) in [5.74, 6) is 0.843. The Labute approximate surface area is 164 Å². The standard InChI is InChI=1S/C22H36N2O3/c1-22(2)18-24(12-13-27-22)15-19-8-7-9-21(14-19)26-17-20(25)16-23-10-5-3-4-6-11-23/h7-9,14,20,25H,3-6,10-13,15-18H2,1-2H3. The smallest absolute Gasteiger partial charge is 0.119 e. The first-order valence-corrected chi connectivity index (χ1v) is 10.5. The third kappa shape index (κ3) is 7.07. The molecule has 3 rings (SSSR count). The van der Waals surface area contributed by atoms with E-state index in [-0.39, 0.29) is 5.60 Å². The number of aliphatic hydroxyl groups excluding tert-OH is 1. The van der Waals surface area contributed by atoms with Crippen LogP contribution < -0.4 is 4.74 Å². The first kappa shape index (κ1) is 20.6. The Hall–Kier alpha value is -1.14. The zero-order chi connectivity index (χ0) is 19.1. The summed E-state index contributed by atoms with van der Waals surface area (Å²) in [5, 5.41) is 10.4. The van der Waals surface area contributed by atoms with Gasteiger partial charge in [0.2, 0.25) is 0 Å². The third-order valence-electron chi connectivity index (χ3n) is 5.42. The number of nitrogens with zero attached hydrogens (tertiary/aromatic N) is 2. The van der Waals surface area contributed by atoms with E-state index < -0.39 is 6.10 Å². The average Bonchev–Trinajstić information content (AvgIpc) is 2.88. The van der Waals surface area contributed by atoms with Crippen LogP contribution in [0.25, 0.3) is 0 Å². The van der Waals surface area contributed by atoms with Crippen LogP contribution in [0.2, 0.25) is 0 Å². The van der Waals surface area contributed by atoms with Gasteiger partial charge in [0.15, 0.2) is 0 Å². The normalized spacial score (nSPS) is 22.9. The van der Waals surface area contributed by atoms with Crippen molar-refractivity contribution in [2.24, 2.45) is 0 Å². The molecule has 0 aromatic heterocycles. The van der Waals surface area contributed by atoms with Crippen molar-refractivity contribution in [2.75, 3.05) is 45.9 Å². The highest BCUT2D eigenvalue weighted by atomic mass is 16.5. The quantitative estimate of drug-likeness (QED) is 0.793. The van der Waals surface area contributed by atoms with E-state index in [1.807, 2.05) is 12.1 Å². The topological polar surface area (TPSA) is 45.2 Å². The molecule has 1 unspecified atom stereocenters. The van der Waals surface area contributed by atoms with Gasteiger partial charge in [0, 0.05) is 26.2 Å². The number of rotatable bonds is 7. The van der Waals surface area contributed by atoms with Crippen LogP contribution in [-0.4, -0.2) is 72.5 Å². The fraction of sp³-hybridized carbons (Fsp3) is 0.727. The summed E-state index contributed by atoms with van der Waals surface area (Å²) >= 11 is 0. The van der Waals surface area contributed by atoms with E-state index in [0.29, 0.717) is 13.2 Å². The molecule has 152 valence electrons. The van der Waals surface area contributed by atoms with Crippen LogP contribution in [0.3, 0.4) is 0 Å². The first-order chi connectivity index (χ1) is 13.0. The van der Waals surface area contributed by atoms with Crippen LogP contribution in [-0.2, 0) is 11.3 Å². The first-order valence-electron chi connectivity index (χ1n) is 10.5. The molecule has 2 fully saturated rings. The molecule has 0 spiro atoms. The van der Waals surface area contributed by atoms with Gasteiger partial charge >= 0.3 is 0 Å². The zero-order valence-corrected chi connectivity index (χ0v) is 17.0. The molecule has 2 aliphatic rings. The number of hydrogen-bond donors (Lipinski definition) is 1. The van der Waals surface area contributed by atoms with E-state index in [4.69, 9.17) is 9.47 Å². The Morgan fingerprint density at radius 1 is 1.11 bits per heavy atom. The lowest BCUT2D eigenvalue weighted by atomic mass is 10.1. The van der Waals surface area contributed by atoms with Crippen molar-refractivity contribution in [1.82, 2.24) is 9.80 Å². The van der Waals surface area contributed by atoms with Gasteiger partial charge in [-0.3, -0.25) is 4.90 Å². The average molecular weight is 377 g/mol. The largest absolute Gasteiger partial charge is 0.491 e. The SMILES string of the molecule is CC1(C)CN(Cc2cccc(OCC(O)CN3CCCCCC3)c2)CCO1. The molecule has 5 nitrogen and oxygen atoms in total. The monoisotopic (exact) mass is 376 g/mol. The molecule has 27 heavy (non-hydrogen) atoms. The Bertz CT molecular complexity index is 570. The molecule has 0 saturated carbocycles. The molecule has 0 aliphatic carbocycles. The number of benzene rings is 1. The van der Waals surface area contributed by atoms with Crippen LogP contribution in [0, 0.1) is 0 Å². The molecule has 1 N–H and O–H groups in total. The van der Waals surface area contributed by atoms with Gasteiger partial charge in [-0.15, -0.1) is 0 Å². The molecule has 2 saturated heterocycles. The molecule has 2 aliphatic heterocycles. The van der Waals surface area contributed by atoms with Crippen molar-refractivity contribution in [3.05, 3.63) is 29.8 Å². The highest BCUT2D eigenvalue weighted by Crippen LogP contribution is 2.20. The van der Waals surface area contributed by atoms with E-state index in [2.05, 4.69) is 35.8 Å². The molecule has 0 amide bonds. The van der Waals surface area contributed by atoms with Crippen molar-refractivity contribution in [1.29, 1.82) is 0 Å². The lowest BCUT2D eigenvalue weighted by Crippen LogP contribution is -2.47. The number of β-amino-alcohol motifs (C(OH)–C–C–N with tert-alkyl or cyclic N) is 1. The molecular weight excluding hydrogens is 340 g/mol. The number of morpholine rings is 1. The number of ether oxygens (including phenoxy) is 2. The minimum Gasteiger partial charge on any atom is -0.491 e. The number of likely N-dealkylation sites (tertiary alicyclic amines) is 1. The van der Waals surface area contributed by atoms with Crippen LogP contribution in [0.15, 0.2) is 24.3 Å². The molecule has 5 heteroatoms. The zero-order valence-electron chi connectivity index (χ0n) is 17.0. The predicted molar refractivity (Wildman–Crippen MR) is 108 cm³/mol. The van der Waals surface area contributed by atoms with Crippen LogP contribution in [0.5, 0.6) is 5.75 Å². The van der Waals surface area contributed by atoms with Gasteiger partial charge in [-0.2, -0.15) is 0 Å². The third-order valence-corrected chi connectivity index (χ3v) is 5.42. The second kappa shape index (κ2) is 9.87. The summed E-state index contributed by atoms with van der Waals surface area (Å²) in [7, 11) is 0. The molecule has 2 heterocycles. The summed E-state index contributed by atoms with van der Waals surface area (Å²) in [4.78, 5) is 4.80. The van der Waals surface area contributed by atoms with Gasteiger partial charge in [0.25, 0.3) is 0 Å². The van der Waals surface area contributed by atoms with E-state index in [0.717, 1.165) is 45.1 Å². The highest BCUT2D eigenvalue weighted by Gasteiger charge is 2.27. The fourth-order valence-electron chi connectivity index (χ4n) is 4.10. The maximum absolute atomic E-state index is 10.4. The molecular formula is C22H36N2O3. The minimum atomic E-state index is -0.438. The summed E-state index contributed by atoms with van der Waals surface area (Å²) in [6.45, 7) is 11.1. The van der Waals surface area contributed by atoms with E-state index >= 15 is 0 Å². The summed E-state index contributed by atoms with van der Waals surface area (Å²) < 4.78 is 11.7. The minimum absolute atomic E-state index is 0.0796. The molecule has 0 radical (unpaired) electrons. The van der Waals surface area contributed by atoms with E-state index in [1.54, 1.807) is 0 Å². The van der Waals surface area contributed by atoms with Crippen LogP contribution >= 0.6 is 0 Å². The van der Waals surface area contributed by atoms with Gasteiger partial charge < -0.3 is 19.5 Å². The van der Waals surface area contributed by atoms with E-state index in [1.165, 1.54) is 31.2 Å². The van der Waals surface area contributed by atoms with Crippen molar-refractivity contribution >= 4 is 0 Å². The predicted octanol–water partition coefficient (Wildman–Crippen LogP) is 2.91. The number of aliphatic hydroxyl groups is 1. The fourth-order valence-corrected chi connectivity index (χ4v) is 4.10. The van der Waals surface area contributed by atoms with Crippen LogP contribution in [0.1, 0.15) is 45.1 Å². The molecule has 1 aromatic carbocycles. The van der Waals surface area contributed by atoms with Crippen LogP contribution in [0.4, 0.5) is 0 Å². The Kier molecular flexibility index (Phi) is 7.53. The molecule has 0 bridgehead atoms. The van der Waals surface area contributed by atoms with Gasteiger partial charge in [-0.25, -0.2) is 0 Å². The molecule has 1 aromatic rings. The van der Waals surface area contributed by atoms with Gasteiger partial charge in [0.05, 0.1) is 12.2 Å². The van der Waals surface area contributed by atoms with Crippen molar-refractivity contribution in [3.8, 4) is 5.75 Å². The number of hydrogen-bond acceptors (Lipinski definition) is 5. The van der Waals surface area contributed by atoms with Gasteiger partial charge in [0.1, 0.15) is 18.5 Å². The van der Waals surface area contributed by atoms with Gasteiger partial charge in [-0.1, -0.05) is 25.0 Å². The summed E-state index contributed by atoms with van der Waals surface area (Å²) in [6, 6.07) is 8.26. The Morgan fingerprint density at radius 2 is 1.89 bits per heavy atom.